The van der Waals surface area contributed by atoms with Crippen molar-refractivity contribution in [2.45, 2.75) is 31.7 Å². The van der Waals surface area contributed by atoms with Crippen LogP contribution in [-0.4, -0.2) is 25.0 Å². The van der Waals surface area contributed by atoms with Gasteiger partial charge in [0.1, 0.15) is 11.2 Å². The number of hydrogen-bond acceptors (Lipinski definition) is 3. The molecule has 2 aliphatic carbocycles. The van der Waals surface area contributed by atoms with E-state index in [-0.39, 0.29) is 17.9 Å². The van der Waals surface area contributed by atoms with E-state index in [0.717, 1.165) is 12.8 Å². The number of halogens is 1. The van der Waals surface area contributed by atoms with E-state index < -0.39 is 5.41 Å². The smallest absolute Gasteiger partial charge is 0.240 e. The summed E-state index contributed by atoms with van der Waals surface area (Å²) in [6.45, 7) is 0. The van der Waals surface area contributed by atoms with Crippen molar-refractivity contribution in [3.05, 3.63) is 23.2 Å². The minimum atomic E-state index is -0.894. The van der Waals surface area contributed by atoms with E-state index in [9.17, 15) is 9.59 Å². The number of amides is 2. The van der Waals surface area contributed by atoms with Gasteiger partial charge in [-0.15, -0.1) is 0 Å². The summed E-state index contributed by atoms with van der Waals surface area (Å²) < 4.78 is 5.06. The zero-order valence-corrected chi connectivity index (χ0v) is 12.5. The van der Waals surface area contributed by atoms with Crippen molar-refractivity contribution in [2.75, 3.05) is 12.4 Å². The van der Waals surface area contributed by atoms with Crippen molar-refractivity contribution in [2.24, 2.45) is 5.41 Å². The van der Waals surface area contributed by atoms with Crippen molar-refractivity contribution in [1.82, 2.24) is 5.32 Å². The van der Waals surface area contributed by atoms with Crippen LogP contribution >= 0.6 is 11.6 Å². The lowest BCUT2D eigenvalue weighted by atomic mass is 10.0. The van der Waals surface area contributed by atoms with E-state index in [2.05, 4.69) is 10.6 Å². The molecule has 2 saturated carbocycles. The van der Waals surface area contributed by atoms with Crippen LogP contribution in [0.5, 0.6) is 5.75 Å². The van der Waals surface area contributed by atoms with E-state index in [0.29, 0.717) is 29.3 Å². The molecule has 0 aliphatic heterocycles. The van der Waals surface area contributed by atoms with Crippen molar-refractivity contribution >= 4 is 29.1 Å². The highest BCUT2D eigenvalue weighted by molar-refractivity contribution is 6.32. The molecule has 1 aromatic carbocycles. The lowest BCUT2D eigenvalue weighted by Gasteiger charge is -2.15. The number of ether oxygens (including phenoxy) is 1. The van der Waals surface area contributed by atoms with Crippen LogP contribution < -0.4 is 15.4 Å². The molecule has 1 aromatic rings. The topological polar surface area (TPSA) is 67.4 Å². The molecular weight excluding hydrogens is 292 g/mol. The lowest BCUT2D eigenvalue weighted by molar-refractivity contribution is -0.134. The second-order valence-electron chi connectivity index (χ2n) is 5.63. The van der Waals surface area contributed by atoms with Gasteiger partial charge in [-0.3, -0.25) is 9.59 Å². The summed E-state index contributed by atoms with van der Waals surface area (Å²) >= 11 is 6.03. The van der Waals surface area contributed by atoms with Gasteiger partial charge in [0.25, 0.3) is 0 Å². The molecule has 0 unspecified atom stereocenters. The van der Waals surface area contributed by atoms with E-state index in [1.807, 2.05) is 0 Å². The fraction of sp³-hybridized carbons (Fsp3) is 0.467. The summed E-state index contributed by atoms with van der Waals surface area (Å²) in [5.41, 5.74) is -0.328. The molecule has 112 valence electrons. The van der Waals surface area contributed by atoms with Gasteiger partial charge in [-0.1, -0.05) is 11.6 Å². The predicted octanol–water partition coefficient (Wildman–Crippen LogP) is 2.35. The van der Waals surface area contributed by atoms with Crippen LogP contribution in [0.15, 0.2) is 18.2 Å². The molecule has 5 nitrogen and oxygen atoms in total. The van der Waals surface area contributed by atoms with E-state index in [1.54, 1.807) is 18.2 Å². The maximum Gasteiger partial charge on any atom is 0.240 e. The Morgan fingerprint density at radius 1 is 1.29 bits per heavy atom. The molecule has 2 N–H and O–H groups in total. The van der Waals surface area contributed by atoms with E-state index in [1.165, 1.54) is 7.11 Å². The Bertz CT molecular complexity index is 595. The zero-order chi connectivity index (χ0) is 15.0. The monoisotopic (exact) mass is 308 g/mol. The number of anilines is 1. The van der Waals surface area contributed by atoms with Crippen LogP contribution in [0.4, 0.5) is 5.69 Å². The lowest BCUT2D eigenvalue weighted by Crippen LogP contribution is -2.40. The van der Waals surface area contributed by atoms with Crippen molar-refractivity contribution in [3.63, 3.8) is 0 Å². The average molecular weight is 309 g/mol. The van der Waals surface area contributed by atoms with Crippen molar-refractivity contribution < 1.29 is 14.3 Å². The summed E-state index contributed by atoms with van der Waals surface area (Å²) in [6.07, 6.45) is 3.22. The van der Waals surface area contributed by atoms with Crippen LogP contribution in [0, 0.1) is 5.41 Å². The average Bonchev–Trinajstić information content (AvgIpc) is 3.33. The summed E-state index contributed by atoms with van der Waals surface area (Å²) in [5.74, 6) is 0.131. The first kappa shape index (κ1) is 14.2. The quantitative estimate of drug-likeness (QED) is 0.821. The third kappa shape index (κ3) is 2.83. The van der Waals surface area contributed by atoms with Crippen LogP contribution in [0.1, 0.15) is 25.7 Å². The molecule has 0 radical (unpaired) electrons. The number of carbonyl (C=O) groups excluding carboxylic acids is 2. The summed E-state index contributed by atoms with van der Waals surface area (Å²) in [7, 11) is 1.53. The summed E-state index contributed by atoms with van der Waals surface area (Å²) in [6, 6.07) is 5.27. The Kier molecular flexibility index (Phi) is 3.53. The van der Waals surface area contributed by atoms with Crippen LogP contribution in [0.25, 0.3) is 0 Å². The first-order valence-electron chi connectivity index (χ1n) is 7.01. The minimum Gasteiger partial charge on any atom is -0.495 e. The largest absolute Gasteiger partial charge is 0.495 e. The fourth-order valence-corrected chi connectivity index (χ4v) is 2.49. The molecule has 0 saturated heterocycles. The van der Waals surface area contributed by atoms with Gasteiger partial charge in [0, 0.05) is 11.7 Å². The third-order valence-corrected chi connectivity index (χ3v) is 4.24. The highest BCUT2D eigenvalue weighted by atomic mass is 35.5. The van der Waals surface area contributed by atoms with Gasteiger partial charge in [0.15, 0.2) is 0 Å². The van der Waals surface area contributed by atoms with Crippen LogP contribution in [0.3, 0.4) is 0 Å². The Labute approximate surface area is 128 Å². The van der Waals surface area contributed by atoms with Crippen molar-refractivity contribution in [3.8, 4) is 5.75 Å². The summed E-state index contributed by atoms with van der Waals surface area (Å²) in [4.78, 5) is 24.5. The number of carbonyl (C=O) groups is 2. The molecule has 0 heterocycles. The highest BCUT2D eigenvalue weighted by Gasteiger charge is 2.57. The second-order valence-corrected chi connectivity index (χ2v) is 6.04. The maximum atomic E-state index is 12.4. The van der Waals surface area contributed by atoms with Gasteiger partial charge in [-0.2, -0.15) is 0 Å². The first-order valence-corrected chi connectivity index (χ1v) is 7.39. The van der Waals surface area contributed by atoms with Crippen LogP contribution in [-0.2, 0) is 9.59 Å². The van der Waals surface area contributed by atoms with Gasteiger partial charge < -0.3 is 15.4 Å². The molecule has 6 heteroatoms. The molecule has 0 spiro atoms. The number of methoxy groups -OCH3 is 1. The van der Waals surface area contributed by atoms with Crippen molar-refractivity contribution in [1.29, 1.82) is 0 Å². The van der Waals surface area contributed by atoms with Gasteiger partial charge in [-0.05, 0) is 43.9 Å². The second kappa shape index (κ2) is 5.22. The molecule has 0 aromatic heterocycles. The van der Waals surface area contributed by atoms with Gasteiger partial charge in [-0.25, -0.2) is 0 Å². The Hall–Kier alpha value is -1.75. The van der Waals surface area contributed by atoms with Gasteiger partial charge >= 0.3 is 0 Å². The molecule has 2 aliphatic rings. The Balaban J connectivity index is 1.68. The molecule has 3 rings (SSSR count). The normalized spacial score (nSPS) is 18.8. The molecule has 2 fully saturated rings. The van der Waals surface area contributed by atoms with E-state index >= 15 is 0 Å². The standard InChI is InChI=1S/C15H17ClN2O3/c1-21-12-5-4-10(8-11(12)16)18-14(20)15(6-7-15)13(19)17-9-2-3-9/h4-5,8-9H,2-3,6-7H2,1H3,(H,17,19)(H,18,20). The number of rotatable bonds is 5. The molecule has 21 heavy (non-hydrogen) atoms. The number of nitrogens with one attached hydrogen (secondary N) is 2. The molecule has 0 bridgehead atoms. The Morgan fingerprint density at radius 2 is 2.00 bits per heavy atom. The van der Waals surface area contributed by atoms with E-state index in [4.69, 9.17) is 16.3 Å². The zero-order valence-electron chi connectivity index (χ0n) is 11.7. The predicted molar refractivity (Wildman–Crippen MR) is 79.5 cm³/mol. The molecule has 0 atom stereocenters. The Morgan fingerprint density at radius 3 is 2.52 bits per heavy atom. The summed E-state index contributed by atoms with van der Waals surface area (Å²) in [5, 5.41) is 6.10. The van der Waals surface area contributed by atoms with Crippen LogP contribution in [0.2, 0.25) is 5.02 Å². The minimum absolute atomic E-state index is 0.151. The fourth-order valence-electron chi connectivity index (χ4n) is 2.23. The van der Waals surface area contributed by atoms with Gasteiger partial charge in [0.05, 0.1) is 12.1 Å². The number of benzene rings is 1. The third-order valence-electron chi connectivity index (χ3n) is 3.94. The molecule has 2 amide bonds. The highest BCUT2D eigenvalue weighted by Crippen LogP contribution is 2.47. The van der Waals surface area contributed by atoms with Gasteiger partial charge in [0.2, 0.25) is 11.8 Å². The number of hydrogen-bond donors (Lipinski definition) is 2. The first-order chi connectivity index (χ1) is 10.0. The molecular formula is C15H17ClN2O3. The SMILES string of the molecule is COc1ccc(NC(=O)C2(C(=O)NC3CC3)CC2)cc1Cl. The maximum absolute atomic E-state index is 12.4.